The Kier molecular flexibility index (Phi) is 36.2. The average molecular weight is 717 g/mol. The summed E-state index contributed by atoms with van der Waals surface area (Å²) in [7, 11) is -0.973. The molecule has 0 unspecified atom stereocenters. The zero-order chi connectivity index (χ0) is 35.9. The number of carbonyl (C=O) groups excluding carboxylic acids is 3. The van der Waals surface area contributed by atoms with Crippen LogP contribution in [0.5, 0.6) is 0 Å². The lowest BCUT2D eigenvalue weighted by atomic mass is 10.2. The summed E-state index contributed by atoms with van der Waals surface area (Å²) in [4.78, 5) is 34.9. The Morgan fingerprint density at radius 2 is 0.592 bits per heavy atom. The first kappa shape index (κ1) is 46.4. The summed E-state index contributed by atoms with van der Waals surface area (Å²) in [6.45, 7) is 2.74. The molecule has 0 atom stereocenters. The second-order valence-electron chi connectivity index (χ2n) is 9.56. The third kappa shape index (κ3) is 36.5. The van der Waals surface area contributed by atoms with Crippen LogP contribution in [0.25, 0.3) is 0 Å². The molecule has 0 aliphatic heterocycles. The molecule has 0 heterocycles. The highest BCUT2D eigenvalue weighted by Crippen LogP contribution is 1.99. The summed E-state index contributed by atoms with van der Waals surface area (Å²) in [5.74, 6) is 0. The van der Waals surface area contributed by atoms with Gasteiger partial charge in [0.15, 0.2) is 0 Å². The van der Waals surface area contributed by atoms with Gasteiger partial charge in [0.25, 0.3) is 0 Å². The fourth-order valence-corrected chi connectivity index (χ4v) is 2.99. The summed E-state index contributed by atoms with van der Waals surface area (Å²) < 4.78 is 48.5. The molecule has 0 fully saturated rings. The van der Waals surface area contributed by atoms with E-state index in [9.17, 15) is 14.4 Å². The Morgan fingerprint density at radius 3 is 0.816 bits per heavy atom. The van der Waals surface area contributed by atoms with E-state index in [4.69, 9.17) is 57.7 Å². The van der Waals surface area contributed by atoms with Crippen LogP contribution in [0.1, 0.15) is 38.5 Å². The molecule has 9 N–H and O–H groups in total. The van der Waals surface area contributed by atoms with Crippen molar-refractivity contribution in [2.45, 2.75) is 38.5 Å². The van der Waals surface area contributed by atoms with Crippen molar-refractivity contribution >= 4 is 25.4 Å². The minimum Gasteiger partial charge on any atom is -0.396 e. The van der Waals surface area contributed by atoms with Crippen molar-refractivity contribution in [2.75, 3.05) is 120 Å². The number of aliphatic hydroxyl groups is 3. The summed E-state index contributed by atoms with van der Waals surface area (Å²) in [6, 6.07) is -1.35. The molecule has 0 rings (SSSR count). The maximum atomic E-state index is 11.6. The van der Waals surface area contributed by atoms with Crippen LogP contribution >= 0.6 is 0 Å². The third-order valence-electron chi connectivity index (χ3n) is 5.41. The molecule has 0 aromatic carbocycles. The summed E-state index contributed by atoms with van der Waals surface area (Å²) >= 11 is 0. The summed E-state index contributed by atoms with van der Waals surface area (Å²) in [5, 5.41) is 41.1. The van der Waals surface area contributed by atoms with E-state index in [2.05, 4.69) is 31.9 Å². The molecule has 0 radical (unpaired) electrons. The van der Waals surface area contributed by atoms with Crippen molar-refractivity contribution in [2.24, 2.45) is 0 Å². The van der Waals surface area contributed by atoms with Gasteiger partial charge in [0.1, 0.15) is 40.4 Å². The molecule has 0 aliphatic rings. The van der Waals surface area contributed by atoms with E-state index >= 15 is 0 Å². The molecular formula is C27H57BN6O15. The molecule has 288 valence electrons. The normalized spacial score (nSPS) is 10.8. The molecule has 0 saturated heterocycles. The minimum absolute atomic E-state index is 0.0112. The molecule has 21 nitrogen and oxygen atoms in total. The van der Waals surface area contributed by atoms with E-state index in [1.54, 1.807) is 0 Å². The van der Waals surface area contributed by atoms with Gasteiger partial charge in [-0.05, 0) is 38.5 Å². The highest BCUT2D eigenvalue weighted by atomic mass is 16.7. The van der Waals surface area contributed by atoms with Crippen molar-refractivity contribution < 1.29 is 72.1 Å². The fraction of sp³-hybridized carbons (Fsp3) is 0.889. The molecule has 0 aliphatic carbocycles. The third-order valence-corrected chi connectivity index (χ3v) is 5.41. The van der Waals surface area contributed by atoms with Crippen LogP contribution in [0.3, 0.4) is 0 Å². The Hall–Kier alpha value is -2.61. The number of carbonyl (C=O) groups is 3. The molecule has 0 spiro atoms. The predicted molar refractivity (Wildman–Crippen MR) is 172 cm³/mol. The van der Waals surface area contributed by atoms with Crippen LogP contribution in [-0.2, 0) is 42.4 Å². The first-order chi connectivity index (χ1) is 24.0. The summed E-state index contributed by atoms with van der Waals surface area (Å²) in [5.41, 5.74) is 0. The average Bonchev–Trinajstić information content (AvgIpc) is 3.09. The Labute approximate surface area is 287 Å². The lowest BCUT2D eigenvalue weighted by molar-refractivity contribution is 0.0535. The van der Waals surface area contributed by atoms with Gasteiger partial charge >= 0.3 is 25.4 Å². The Bertz CT molecular complexity index is 674. The van der Waals surface area contributed by atoms with Crippen LogP contribution in [-0.4, -0.2) is 160 Å². The SMILES string of the molecule is O=C(NCOCCCO)NCOCCCOB(OCCCOCNC(=O)NCOCCCO)OCCCOCNC(=O)NCOCCCO. The van der Waals surface area contributed by atoms with Gasteiger partial charge in [-0.2, -0.15) is 0 Å². The number of amides is 6. The van der Waals surface area contributed by atoms with Crippen molar-refractivity contribution in [3.63, 3.8) is 0 Å². The standard InChI is InChI=1S/C27H57BN6O15/c35-7-1-10-41-19-29-25(38)32-22-44-13-4-16-47-28(48-17-5-14-45-23-33-26(39)30-20-42-11-2-8-36)49-18-6-15-46-24-34-27(40)31-21-43-12-3-9-37/h35-37H,1-24H2,(H2,29,32,38)(H2,30,33,39)(H2,31,34,40). The molecule has 6 amide bonds. The van der Waals surface area contributed by atoms with Gasteiger partial charge in [-0.25, -0.2) is 14.4 Å². The maximum Gasteiger partial charge on any atom is 0.639 e. The van der Waals surface area contributed by atoms with Crippen LogP contribution in [0.2, 0.25) is 0 Å². The second kappa shape index (κ2) is 38.2. The van der Waals surface area contributed by atoms with Crippen molar-refractivity contribution in [1.82, 2.24) is 31.9 Å². The quantitative estimate of drug-likeness (QED) is 0.0194. The lowest BCUT2D eigenvalue weighted by Crippen LogP contribution is -2.38. The van der Waals surface area contributed by atoms with Crippen molar-refractivity contribution in [3.8, 4) is 0 Å². The highest BCUT2D eigenvalue weighted by molar-refractivity contribution is 6.36. The van der Waals surface area contributed by atoms with Crippen LogP contribution in [0, 0.1) is 0 Å². The van der Waals surface area contributed by atoms with Gasteiger partial charge in [0, 0.05) is 39.6 Å². The van der Waals surface area contributed by atoms with E-state index in [-0.39, 0.29) is 80.0 Å². The number of nitrogens with one attached hydrogen (secondary N) is 6. The smallest absolute Gasteiger partial charge is 0.396 e. The van der Waals surface area contributed by atoms with Crippen LogP contribution < -0.4 is 31.9 Å². The van der Waals surface area contributed by atoms with E-state index < -0.39 is 25.4 Å². The maximum absolute atomic E-state index is 11.6. The Morgan fingerprint density at radius 1 is 0.367 bits per heavy atom. The minimum atomic E-state index is -0.973. The van der Waals surface area contributed by atoms with Gasteiger partial charge in [0.2, 0.25) is 0 Å². The van der Waals surface area contributed by atoms with Gasteiger partial charge in [-0.3, -0.25) is 0 Å². The monoisotopic (exact) mass is 716 g/mol. The van der Waals surface area contributed by atoms with E-state index in [0.717, 1.165) is 0 Å². The zero-order valence-corrected chi connectivity index (χ0v) is 28.3. The zero-order valence-electron chi connectivity index (χ0n) is 28.3. The van der Waals surface area contributed by atoms with E-state index in [1.165, 1.54) is 0 Å². The molecule has 49 heavy (non-hydrogen) atoms. The Balaban J connectivity index is 4.16. The fourth-order valence-electron chi connectivity index (χ4n) is 2.99. The number of urea groups is 3. The molecule has 0 saturated carbocycles. The van der Waals surface area contributed by atoms with Gasteiger partial charge < -0.3 is 89.6 Å². The number of ether oxygens (including phenoxy) is 6. The van der Waals surface area contributed by atoms with Crippen molar-refractivity contribution in [1.29, 1.82) is 0 Å². The van der Waals surface area contributed by atoms with Gasteiger partial charge in [-0.1, -0.05) is 0 Å². The van der Waals surface area contributed by atoms with Crippen LogP contribution in [0.4, 0.5) is 14.4 Å². The molecule has 0 aromatic heterocycles. The molecular weight excluding hydrogens is 659 g/mol. The second-order valence-corrected chi connectivity index (χ2v) is 9.56. The van der Waals surface area contributed by atoms with Crippen molar-refractivity contribution in [3.05, 3.63) is 0 Å². The predicted octanol–water partition coefficient (Wildman–Crippen LogP) is -1.92. The number of aliphatic hydroxyl groups excluding tert-OH is 3. The molecule has 22 heteroatoms. The topological polar surface area (TPSA) is 267 Å². The summed E-state index contributed by atoms with van der Waals surface area (Å²) in [6.07, 6.45) is 2.94. The van der Waals surface area contributed by atoms with Crippen LogP contribution in [0.15, 0.2) is 0 Å². The first-order valence-corrected chi connectivity index (χ1v) is 16.2. The number of rotatable bonds is 36. The van der Waals surface area contributed by atoms with Gasteiger partial charge in [0.05, 0.1) is 39.6 Å². The van der Waals surface area contributed by atoms with E-state index in [1.807, 2.05) is 0 Å². The molecule has 0 aromatic rings. The number of hydrogen-bond donors (Lipinski definition) is 9. The first-order valence-electron chi connectivity index (χ1n) is 16.2. The van der Waals surface area contributed by atoms with Gasteiger partial charge in [-0.15, -0.1) is 0 Å². The lowest BCUT2D eigenvalue weighted by Gasteiger charge is -2.15. The highest BCUT2D eigenvalue weighted by Gasteiger charge is 2.21. The molecule has 0 bridgehead atoms. The largest absolute Gasteiger partial charge is 0.639 e. The number of hydrogen-bond acceptors (Lipinski definition) is 15. The van der Waals surface area contributed by atoms with E-state index in [0.29, 0.717) is 78.2 Å².